The highest BCUT2D eigenvalue weighted by atomic mass is 32.2. The Labute approximate surface area is 108 Å². The second-order valence-corrected chi connectivity index (χ2v) is 5.14. The van der Waals surface area contributed by atoms with Crippen LogP contribution in [0.2, 0.25) is 0 Å². The Hall–Kier alpha value is -0.960. The Morgan fingerprint density at radius 2 is 2.00 bits per heavy atom. The van der Waals surface area contributed by atoms with Crippen molar-refractivity contribution in [2.75, 3.05) is 12.3 Å². The Morgan fingerprint density at radius 3 is 2.71 bits per heavy atom. The van der Waals surface area contributed by atoms with Crippen molar-refractivity contribution in [2.45, 2.75) is 37.5 Å². The first-order chi connectivity index (χ1) is 8.33. The fourth-order valence-corrected chi connectivity index (χ4v) is 2.29. The van der Waals surface area contributed by atoms with Crippen molar-refractivity contribution in [3.8, 4) is 0 Å². The summed E-state index contributed by atoms with van der Waals surface area (Å²) in [6.07, 6.45) is 3.99. The molecule has 3 heteroatoms. The summed E-state index contributed by atoms with van der Waals surface area (Å²) in [5.74, 6) is 1.12. The number of hydrogen-bond acceptors (Lipinski definition) is 2. The molecule has 17 heavy (non-hydrogen) atoms. The summed E-state index contributed by atoms with van der Waals surface area (Å²) in [7, 11) is 0. The molecule has 1 rings (SSSR count). The van der Waals surface area contributed by atoms with E-state index in [0.29, 0.717) is 6.42 Å². The molecule has 94 valence electrons. The third-order valence-electron chi connectivity index (χ3n) is 2.44. The van der Waals surface area contributed by atoms with E-state index < -0.39 is 0 Å². The Kier molecular flexibility index (Phi) is 7.56. The van der Waals surface area contributed by atoms with Gasteiger partial charge in [0.05, 0.1) is 0 Å². The van der Waals surface area contributed by atoms with Gasteiger partial charge in [0.25, 0.3) is 0 Å². The highest BCUT2D eigenvalue weighted by Crippen LogP contribution is 2.15. The van der Waals surface area contributed by atoms with Gasteiger partial charge in [-0.3, -0.25) is 4.79 Å². The lowest BCUT2D eigenvalue weighted by molar-refractivity contribution is -0.121. The molecular formula is C14H21NOS. The summed E-state index contributed by atoms with van der Waals surface area (Å²) < 4.78 is 0. The number of amides is 1. The lowest BCUT2D eigenvalue weighted by Crippen LogP contribution is -2.25. The molecule has 0 bridgehead atoms. The van der Waals surface area contributed by atoms with E-state index in [-0.39, 0.29) is 5.91 Å². The van der Waals surface area contributed by atoms with Gasteiger partial charge in [0.1, 0.15) is 0 Å². The quantitative estimate of drug-likeness (QED) is 0.566. The van der Waals surface area contributed by atoms with Crippen LogP contribution in [-0.4, -0.2) is 18.2 Å². The molecule has 1 aromatic carbocycles. The molecule has 0 aromatic heterocycles. The van der Waals surface area contributed by atoms with Gasteiger partial charge in [0.15, 0.2) is 0 Å². The number of benzene rings is 1. The van der Waals surface area contributed by atoms with Crippen LogP contribution in [0.5, 0.6) is 0 Å². The van der Waals surface area contributed by atoms with Crippen molar-refractivity contribution >= 4 is 17.7 Å². The molecule has 1 aromatic rings. The van der Waals surface area contributed by atoms with Crippen LogP contribution in [0.1, 0.15) is 32.6 Å². The average Bonchev–Trinajstić information content (AvgIpc) is 2.36. The van der Waals surface area contributed by atoms with Crippen molar-refractivity contribution in [3.05, 3.63) is 30.3 Å². The minimum Gasteiger partial charge on any atom is -0.355 e. The molecule has 0 fully saturated rings. The van der Waals surface area contributed by atoms with E-state index >= 15 is 0 Å². The van der Waals surface area contributed by atoms with Gasteiger partial charge < -0.3 is 5.32 Å². The van der Waals surface area contributed by atoms with Crippen LogP contribution in [0.4, 0.5) is 0 Å². The smallest absolute Gasteiger partial charge is 0.220 e. The van der Waals surface area contributed by atoms with Crippen molar-refractivity contribution in [1.82, 2.24) is 5.32 Å². The second-order valence-electron chi connectivity index (χ2n) is 3.97. The Bertz CT molecular complexity index is 313. The van der Waals surface area contributed by atoms with E-state index in [4.69, 9.17) is 0 Å². The van der Waals surface area contributed by atoms with E-state index in [1.807, 2.05) is 18.2 Å². The molecule has 0 saturated heterocycles. The highest BCUT2D eigenvalue weighted by molar-refractivity contribution is 7.99. The Morgan fingerprint density at radius 1 is 1.24 bits per heavy atom. The van der Waals surface area contributed by atoms with Crippen molar-refractivity contribution in [3.63, 3.8) is 0 Å². The topological polar surface area (TPSA) is 29.1 Å². The number of unbranched alkanes of at least 4 members (excludes halogenated alkanes) is 2. The van der Waals surface area contributed by atoms with Crippen LogP contribution in [0.3, 0.4) is 0 Å². The van der Waals surface area contributed by atoms with Crippen LogP contribution >= 0.6 is 11.8 Å². The van der Waals surface area contributed by atoms with Crippen LogP contribution in [0.25, 0.3) is 0 Å². The zero-order valence-electron chi connectivity index (χ0n) is 10.4. The summed E-state index contributed by atoms with van der Waals surface area (Å²) >= 11 is 1.78. The summed E-state index contributed by atoms with van der Waals surface area (Å²) in [6.45, 7) is 2.90. The average molecular weight is 251 g/mol. The van der Waals surface area contributed by atoms with Crippen molar-refractivity contribution in [2.24, 2.45) is 0 Å². The van der Waals surface area contributed by atoms with Crippen LogP contribution < -0.4 is 5.32 Å². The molecule has 0 heterocycles. The lowest BCUT2D eigenvalue weighted by Gasteiger charge is -2.04. The molecule has 0 aliphatic rings. The van der Waals surface area contributed by atoms with Crippen LogP contribution in [0, 0.1) is 0 Å². The number of nitrogens with one attached hydrogen (secondary N) is 1. The second kappa shape index (κ2) is 9.11. The first-order valence-corrected chi connectivity index (χ1v) is 7.26. The standard InChI is InChI=1S/C14H21NOS/c1-2-3-5-10-14(16)15-11-12-17-13-8-6-4-7-9-13/h4,6-9H,2-3,5,10-12H2,1H3,(H,15,16). The number of rotatable bonds is 8. The molecule has 2 nitrogen and oxygen atoms in total. The highest BCUT2D eigenvalue weighted by Gasteiger charge is 1.99. The molecule has 1 N–H and O–H groups in total. The fraction of sp³-hybridized carbons (Fsp3) is 0.500. The maximum Gasteiger partial charge on any atom is 0.220 e. The third-order valence-corrected chi connectivity index (χ3v) is 3.46. The van der Waals surface area contributed by atoms with Gasteiger partial charge in [-0.1, -0.05) is 38.0 Å². The van der Waals surface area contributed by atoms with Crippen LogP contribution in [0.15, 0.2) is 35.2 Å². The Balaban J connectivity index is 2.02. The van der Waals surface area contributed by atoms with E-state index in [9.17, 15) is 4.79 Å². The largest absolute Gasteiger partial charge is 0.355 e. The number of carbonyl (C=O) groups excluding carboxylic acids is 1. The van der Waals surface area contributed by atoms with Gasteiger partial charge >= 0.3 is 0 Å². The van der Waals surface area contributed by atoms with Gasteiger partial charge in [0.2, 0.25) is 5.91 Å². The molecule has 0 aliphatic carbocycles. The van der Waals surface area contributed by atoms with Crippen molar-refractivity contribution < 1.29 is 4.79 Å². The van der Waals surface area contributed by atoms with Gasteiger partial charge in [-0.25, -0.2) is 0 Å². The van der Waals surface area contributed by atoms with Gasteiger partial charge in [-0.2, -0.15) is 0 Å². The summed E-state index contributed by atoms with van der Waals surface area (Å²) in [4.78, 5) is 12.7. The van der Waals surface area contributed by atoms with Gasteiger partial charge in [-0.05, 0) is 18.6 Å². The van der Waals surface area contributed by atoms with E-state index in [1.54, 1.807) is 11.8 Å². The minimum absolute atomic E-state index is 0.187. The van der Waals surface area contributed by atoms with Crippen molar-refractivity contribution in [1.29, 1.82) is 0 Å². The SMILES string of the molecule is CCCCCC(=O)NCCSc1ccccc1. The first-order valence-electron chi connectivity index (χ1n) is 6.27. The predicted octanol–water partition coefficient (Wildman–Crippen LogP) is 3.48. The number of thioether (sulfide) groups is 1. The molecule has 0 saturated carbocycles. The summed E-state index contributed by atoms with van der Waals surface area (Å²) in [5, 5.41) is 2.95. The lowest BCUT2D eigenvalue weighted by atomic mass is 10.2. The molecular weight excluding hydrogens is 230 g/mol. The zero-order valence-corrected chi connectivity index (χ0v) is 11.3. The molecule has 1 amide bonds. The molecule has 0 aliphatic heterocycles. The molecule has 0 radical (unpaired) electrons. The predicted molar refractivity (Wildman–Crippen MR) is 74.3 cm³/mol. The number of hydrogen-bond donors (Lipinski definition) is 1. The van der Waals surface area contributed by atoms with Gasteiger partial charge in [-0.15, -0.1) is 11.8 Å². The molecule has 0 atom stereocenters. The third kappa shape index (κ3) is 7.05. The minimum atomic E-state index is 0.187. The van der Waals surface area contributed by atoms with E-state index in [2.05, 4.69) is 24.4 Å². The van der Waals surface area contributed by atoms with Crippen LogP contribution in [-0.2, 0) is 4.79 Å². The summed E-state index contributed by atoms with van der Waals surface area (Å²) in [6, 6.07) is 10.3. The zero-order chi connectivity index (χ0) is 12.3. The molecule has 0 spiro atoms. The first kappa shape index (κ1) is 14.1. The van der Waals surface area contributed by atoms with E-state index in [0.717, 1.165) is 31.6 Å². The summed E-state index contributed by atoms with van der Waals surface area (Å²) in [5.41, 5.74) is 0. The monoisotopic (exact) mass is 251 g/mol. The van der Waals surface area contributed by atoms with Gasteiger partial charge in [0, 0.05) is 23.6 Å². The maximum atomic E-state index is 11.4. The normalized spacial score (nSPS) is 10.2. The fourth-order valence-electron chi connectivity index (χ4n) is 1.50. The maximum absolute atomic E-state index is 11.4. The number of carbonyl (C=O) groups is 1. The van der Waals surface area contributed by atoms with E-state index in [1.165, 1.54) is 4.90 Å². The molecule has 0 unspecified atom stereocenters.